The minimum absolute atomic E-state index is 0.219. The molecule has 0 fully saturated rings. The lowest BCUT2D eigenvalue weighted by atomic mass is 10.1. The predicted octanol–water partition coefficient (Wildman–Crippen LogP) is 4.77. The summed E-state index contributed by atoms with van der Waals surface area (Å²) in [6.07, 6.45) is -1.24. The molecule has 24 heavy (non-hydrogen) atoms. The summed E-state index contributed by atoms with van der Waals surface area (Å²) in [5, 5.41) is 2.64. The first kappa shape index (κ1) is 16.8. The summed E-state index contributed by atoms with van der Waals surface area (Å²) in [6.45, 7) is 0.500. The first-order valence-corrected chi connectivity index (χ1v) is 8.02. The molecule has 3 rings (SSSR count). The van der Waals surface area contributed by atoms with Gasteiger partial charge in [-0.05, 0) is 18.2 Å². The molecule has 0 radical (unpaired) electrons. The predicted molar refractivity (Wildman–Crippen MR) is 88.9 cm³/mol. The van der Waals surface area contributed by atoms with Crippen LogP contribution in [-0.4, -0.2) is 24.9 Å². The van der Waals surface area contributed by atoms with Crippen LogP contribution in [-0.2, 0) is 6.18 Å². The molecule has 0 unspecified atom stereocenters. The maximum atomic E-state index is 13.1. The minimum atomic E-state index is -4.50. The van der Waals surface area contributed by atoms with Crippen LogP contribution in [0.15, 0.2) is 39.9 Å². The second kappa shape index (κ2) is 6.45. The Morgan fingerprint density at radius 1 is 1.33 bits per heavy atom. The lowest BCUT2D eigenvalue weighted by molar-refractivity contribution is -0.138. The van der Waals surface area contributed by atoms with Crippen molar-refractivity contribution in [3.63, 3.8) is 0 Å². The summed E-state index contributed by atoms with van der Waals surface area (Å²) >= 11 is 7.16. The molecule has 1 aliphatic heterocycles. The minimum Gasteiger partial charge on any atom is -0.496 e. The van der Waals surface area contributed by atoms with Gasteiger partial charge < -0.3 is 9.64 Å². The standard InChI is InChI=1S/C15H11ClF3N3OS/c1-23-12-3-2-9(6-10(12)15(17,18)19)11-8-24-14(21-11)22-5-4-20-13(16)7-22/h2-4,6-8H,5H2,1H3. The Balaban J connectivity index is 1.95. The van der Waals surface area contributed by atoms with Crippen LogP contribution in [0.3, 0.4) is 0 Å². The van der Waals surface area contributed by atoms with Crippen molar-refractivity contribution in [2.24, 2.45) is 4.99 Å². The van der Waals surface area contributed by atoms with E-state index in [9.17, 15) is 13.2 Å². The fraction of sp³-hybridized carbons (Fsp3) is 0.200. The molecule has 0 bridgehead atoms. The molecule has 1 aromatic carbocycles. The van der Waals surface area contributed by atoms with Gasteiger partial charge in [0.2, 0.25) is 0 Å². The van der Waals surface area contributed by atoms with Gasteiger partial charge >= 0.3 is 6.18 Å². The second-order valence-corrected chi connectivity index (χ2v) is 6.07. The molecule has 2 heterocycles. The first-order valence-electron chi connectivity index (χ1n) is 6.76. The van der Waals surface area contributed by atoms with E-state index in [4.69, 9.17) is 16.3 Å². The molecule has 4 nitrogen and oxygen atoms in total. The molecule has 1 aromatic heterocycles. The summed E-state index contributed by atoms with van der Waals surface area (Å²) < 4.78 is 44.2. The Morgan fingerprint density at radius 2 is 2.12 bits per heavy atom. The number of hydrogen-bond acceptors (Lipinski definition) is 5. The van der Waals surface area contributed by atoms with Gasteiger partial charge in [0.25, 0.3) is 0 Å². The van der Waals surface area contributed by atoms with E-state index in [2.05, 4.69) is 9.98 Å². The highest BCUT2D eigenvalue weighted by atomic mass is 35.5. The molecule has 9 heteroatoms. The molecule has 0 saturated heterocycles. The monoisotopic (exact) mass is 373 g/mol. The number of nitrogens with zero attached hydrogens (tertiary/aromatic N) is 3. The lowest BCUT2D eigenvalue weighted by Gasteiger charge is -2.17. The molecule has 0 spiro atoms. The highest BCUT2D eigenvalue weighted by molar-refractivity contribution is 7.14. The number of thiazole rings is 1. The number of ether oxygens (including phenoxy) is 1. The third-order valence-corrected chi connectivity index (χ3v) is 4.37. The van der Waals surface area contributed by atoms with Gasteiger partial charge in [0.05, 0.1) is 24.9 Å². The van der Waals surface area contributed by atoms with E-state index in [1.807, 2.05) is 0 Å². The normalized spacial score (nSPS) is 14.7. The fourth-order valence-corrected chi connectivity index (χ4v) is 3.19. The van der Waals surface area contributed by atoms with Crippen molar-refractivity contribution in [1.29, 1.82) is 0 Å². The highest BCUT2D eigenvalue weighted by Crippen LogP contribution is 2.39. The molecular formula is C15H11ClF3N3OS. The van der Waals surface area contributed by atoms with E-state index in [0.29, 0.717) is 28.1 Å². The van der Waals surface area contributed by atoms with Crippen LogP contribution in [0, 0.1) is 0 Å². The molecular weight excluding hydrogens is 363 g/mol. The molecule has 0 aliphatic carbocycles. The number of aliphatic imine (C=N–C) groups is 1. The van der Waals surface area contributed by atoms with Crippen LogP contribution >= 0.6 is 22.9 Å². The third kappa shape index (κ3) is 3.39. The van der Waals surface area contributed by atoms with E-state index in [1.165, 1.54) is 24.5 Å². The van der Waals surface area contributed by atoms with Crippen molar-refractivity contribution >= 4 is 34.3 Å². The molecule has 0 saturated carbocycles. The molecule has 0 amide bonds. The zero-order chi connectivity index (χ0) is 17.3. The molecule has 0 atom stereocenters. The Bertz CT molecular complexity index is 817. The lowest BCUT2D eigenvalue weighted by Crippen LogP contribution is -2.21. The Hall–Kier alpha value is -2.06. The Morgan fingerprint density at radius 3 is 2.79 bits per heavy atom. The van der Waals surface area contributed by atoms with Gasteiger partial charge in [-0.1, -0.05) is 11.6 Å². The molecule has 1 aliphatic rings. The number of benzene rings is 1. The van der Waals surface area contributed by atoms with Crippen molar-refractivity contribution < 1.29 is 17.9 Å². The SMILES string of the molecule is COc1ccc(-c2csc(N3C=C(Cl)N=CC3)n2)cc1C(F)(F)F. The number of rotatable bonds is 3. The van der Waals surface area contributed by atoms with Crippen LogP contribution < -0.4 is 9.64 Å². The number of methoxy groups -OCH3 is 1. The highest BCUT2D eigenvalue weighted by Gasteiger charge is 2.34. The number of hydrogen-bond donors (Lipinski definition) is 0. The van der Waals surface area contributed by atoms with E-state index in [-0.39, 0.29) is 5.75 Å². The number of anilines is 1. The van der Waals surface area contributed by atoms with E-state index >= 15 is 0 Å². The zero-order valence-corrected chi connectivity index (χ0v) is 13.9. The van der Waals surface area contributed by atoms with E-state index in [0.717, 1.165) is 6.07 Å². The van der Waals surface area contributed by atoms with Gasteiger partial charge in [-0.15, -0.1) is 11.3 Å². The van der Waals surface area contributed by atoms with Gasteiger partial charge in [-0.3, -0.25) is 0 Å². The Kier molecular flexibility index (Phi) is 4.51. The third-order valence-electron chi connectivity index (χ3n) is 3.29. The average Bonchev–Trinajstić information content (AvgIpc) is 3.03. The van der Waals surface area contributed by atoms with Crippen LogP contribution in [0.2, 0.25) is 0 Å². The average molecular weight is 374 g/mol. The smallest absolute Gasteiger partial charge is 0.419 e. The molecule has 0 N–H and O–H groups in total. The van der Waals surface area contributed by atoms with Crippen LogP contribution in [0.25, 0.3) is 11.3 Å². The van der Waals surface area contributed by atoms with Gasteiger partial charge in [-0.2, -0.15) is 13.2 Å². The van der Waals surface area contributed by atoms with Crippen molar-refractivity contribution in [3.8, 4) is 17.0 Å². The van der Waals surface area contributed by atoms with Crippen molar-refractivity contribution in [3.05, 3.63) is 40.5 Å². The first-order chi connectivity index (χ1) is 11.4. The maximum Gasteiger partial charge on any atom is 0.419 e. The van der Waals surface area contributed by atoms with Crippen molar-refractivity contribution in [2.75, 3.05) is 18.6 Å². The number of halogens is 4. The van der Waals surface area contributed by atoms with Crippen molar-refractivity contribution in [2.45, 2.75) is 6.18 Å². The Labute approximate surface area is 144 Å². The zero-order valence-electron chi connectivity index (χ0n) is 12.3. The molecule has 126 valence electrons. The summed E-state index contributed by atoms with van der Waals surface area (Å²) in [7, 11) is 1.21. The van der Waals surface area contributed by atoms with E-state index < -0.39 is 11.7 Å². The van der Waals surface area contributed by atoms with Crippen LogP contribution in [0.4, 0.5) is 18.3 Å². The van der Waals surface area contributed by atoms with Crippen LogP contribution in [0.1, 0.15) is 5.56 Å². The second-order valence-electron chi connectivity index (χ2n) is 4.84. The van der Waals surface area contributed by atoms with E-state index in [1.54, 1.807) is 28.8 Å². The number of alkyl halides is 3. The largest absolute Gasteiger partial charge is 0.496 e. The van der Waals surface area contributed by atoms with Gasteiger partial charge in [-0.25, -0.2) is 9.98 Å². The quantitative estimate of drug-likeness (QED) is 0.727. The topological polar surface area (TPSA) is 37.7 Å². The number of aromatic nitrogens is 1. The molecule has 2 aromatic rings. The van der Waals surface area contributed by atoms with Crippen LogP contribution in [0.5, 0.6) is 5.75 Å². The summed E-state index contributed by atoms with van der Waals surface area (Å²) in [5.41, 5.74) is -0.00772. The fourth-order valence-electron chi connectivity index (χ4n) is 2.18. The summed E-state index contributed by atoms with van der Waals surface area (Å²) in [6, 6.07) is 3.88. The summed E-state index contributed by atoms with van der Waals surface area (Å²) in [4.78, 5) is 10.1. The maximum absolute atomic E-state index is 13.1. The van der Waals surface area contributed by atoms with Gasteiger partial charge in [0, 0.05) is 23.4 Å². The van der Waals surface area contributed by atoms with Gasteiger partial charge in [0.15, 0.2) is 5.13 Å². The summed E-state index contributed by atoms with van der Waals surface area (Å²) in [5.74, 6) is -0.219. The van der Waals surface area contributed by atoms with Crippen molar-refractivity contribution in [1.82, 2.24) is 4.98 Å². The van der Waals surface area contributed by atoms with Gasteiger partial charge in [0.1, 0.15) is 10.9 Å².